The Morgan fingerprint density at radius 2 is 2.36 bits per heavy atom. The number of halogens is 1. The molecular formula is C9H12FN3O. The zero-order valence-electron chi connectivity index (χ0n) is 8.12. The van der Waals surface area contributed by atoms with Gasteiger partial charge in [0.05, 0.1) is 12.2 Å². The van der Waals surface area contributed by atoms with E-state index in [0.29, 0.717) is 0 Å². The summed E-state index contributed by atoms with van der Waals surface area (Å²) in [5.74, 6) is -0.411. The summed E-state index contributed by atoms with van der Waals surface area (Å²) in [6.45, 7) is 0.101. The molecule has 4 nitrogen and oxygen atoms in total. The fourth-order valence-electron chi connectivity index (χ4n) is 0.866. The standard InChI is InChI=1S/C9H12FN3O/c1-13(2)9(14)12-6-8-7(10)4-3-5-11-8/h3-5H,6H2,1-2H3,(H,12,14). The van der Waals surface area contributed by atoms with Gasteiger partial charge in [0, 0.05) is 20.3 Å². The van der Waals surface area contributed by atoms with Gasteiger partial charge < -0.3 is 10.2 Å². The number of urea groups is 1. The Labute approximate surface area is 81.7 Å². The molecule has 1 rings (SSSR count). The van der Waals surface area contributed by atoms with E-state index in [9.17, 15) is 9.18 Å². The van der Waals surface area contributed by atoms with Crippen LogP contribution in [0.5, 0.6) is 0 Å². The van der Waals surface area contributed by atoms with E-state index in [-0.39, 0.29) is 18.3 Å². The molecule has 0 saturated carbocycles. The van der Waals surface area contributed by atoms with Crippen LogP contribution in [0, 0.1) is 5.82 Å². The van der Waals surface area contributed by atoms with Crippen LogP contribution in [0.15, 0.2) is 18.3 Å². The number of amides is 2. The van der Waals surface area contributed by atoms with Crippen molar-refractivity contribution in [2.75, 3.05) is 14.1 Å². The maximum absolute atomic E-state index is 13.0. The minimum Gasteiger partial charge on any atom is -0.332 e. The molecule has 1 heterocycles. The van der Waals surface area contributed by atoms with Crippen LogP contribution in [0.2, 0.25) is 0 Å². The Morgan fingerprint density at radius 3 is 2.93 bits per heavy atom. The van der Waals surface area contributed by atoms with E-state index >= 15 is 0 Å². The molecule has 0 atom stereocenters. The van der Waals surface area contributed by atoms with Gasteiger partial charge in [-0.1, -0.05) is 0 Å². The van der Waals surface area contributed by atoms with Crippen molar-refractivity contribution in [2.45, 2.75) is 6.54 Å². The van der Waals surface area contributed by atoms with E-state index < -0.39 is 5.82 Å². The molecule has 0 radical (unpaired) electrons. The van der Waals surface area contributed by atoms with Crippen LogP contribution in [-0.2, 0) is 6.54 Å². The summed E-state index contributed by atoms with van der Waals surface area (Å²) in [5, 5.41) is 2.52. The topological polar surface area (TPSA) is 45.2 Å². The number of nitrogens with one attached hydrogen (secondary N) is 1. The number of hydrogen-bond acceptors (Lipinski definition) is 2. The Hall–Kier alpha value is -1.65. The highest BCUT2D eigenvalue weighted by Crippen LogP contribution is 2.01. The van der Waals surface area contributed by atoms with E-state index in [1.54, 1.807) is 14.1 Å². The maximum atomic E-state index is 13.0. The van der Waals surface area contributed by atoms with Crippen LogP contribution < -0.4 is 5.32 Å². The molecular weight excluding hydrogens is 185 g/mol. The fourth-order valence-corrected chi connectivity index (χ4v) is 0.866. The molecule has 0 aromatic carbocycles. The molecule has 0 spiro atoms. The molecule has 14 heavy (non-hydrogen) atoms. The maximum Gasteiger partial charge on any atom is 0.317 e. The molecule has 5 heteroatoms. The predicted molar refractivity (Wildman–Crippen MR) is 50.1 cm³/mol. The Kier molecular flexibility index (Phi) is 3.39. The van der Waals surface area contributed by atoms with Crippen molar-refractivity contribution in [2.24, 2.45) is 0 Å². The highest BCUT2D eigenvalue weighted by atomic mass is 19.1. The van der Waals surface area contributed by atoms with Gasteiger partial charge in [0.2, 0.25) is 0 Å². The smallest absolute Gasteiger partial charge is 0.317 e. The number of carbonyl (C=O) groups excluding carboxylic acids is 1. The van der Waals surface area contributed by atoms with Crippen LogP contribution >= 0.6 is 0 Å². The van der Waals surface area contributed by atoms with Crippen LogP contribution in [-0.4, -0.2) is 30.0 Å². The summed E-state index contributed by atoms with van der Waals surface area (Å²) >= 11 is 0. The molecule has 0 aliphatic carbocycles. The molecule has 1 N–H and O–H groups in total. The molecule has 0 saturated heterocycles. The third-order valence-corrected chi connectivity index (χ3v) is 1.65. The van der Waals surface area contributed by atoms with E-state index in [4.69, 9.17) is 0 Å². The molecule has 0 fully saturated rings. The molecule has 2 amide bonds. The van der Waals surface area contributed by atoms with Gasteiger partial charge in [-0.2, -0.15) is 0 Å². The molecule has 0 aliphatic rings. The van der Waals surface area contributed by atoms with Crippen LogP contribution in [0.3, 0.4) is 0 Å². The van der Waals surface area contributed by atoms with Crippen molar-refractivity contribution in [3.05, 3.63) is 29.8 Å². The molecule has 1 aromatic heterocycles. The van der Waals surface area contributed by atoms with Crippen molar-refractivity contribution < 1.29 is 9.18 Å². The highest BCUT2D eigenvalue weighted by molar-refractivity contribution is 5.73. The Bertz CT molecular complexity index is 328. The van der Waals surface area contributed by atoms with Gasteiger partial charge in [-0.25, -0.2) is 9.18 Å². The normalized spacial score (nSPS) is 9.64. The number of carbonyl (C=O) groups is 1. The van der Waals surface area contributed by atoms with Gasteiger partial charge in [-0.3, -0.25) is 4.98 Å². The Balaban J connectivity index is 2.54. The molecule has 1 aromatic rings. The number of pyridine rings is 1. The zero-order valence-corrected chi connectivity index (χ0v) is 8.12. The first kappa shape index (κ1) is 10.4. The zero-order chi connectivity index (χ0) is 10.6. The number of rotatable bonds is 2. The van der Waals surface area contributed by atoms with Gasteiger partial charge in [-0.15, -0.1) is 0 Å². The first-order valence-electron chi connectivity index (χ1n) is 4.16. The lowest BCUT2D eigenvalue weighted by atomic mass is 10.3. The summed E-state index contributed by atoms with van der Waals surface area (Å²) in [6, 6.07) is 2.55. The lowest BCUT2D eigenvalue weighted by molar-refractivity contribution is 0.216. The third-order valence-electron chi connectivity index (χ3n) is 1.65. The number of nitrogens with zero attached hydrogens (tertiary/aromatic N) is 2. The summed E-state index contributed by atoms with van der Waals surface area (Å²) in [4.78, 5) is 16.3. The third kappa shape index (κ3) is 2.69. The summed E-state index contributed by atoms with van der Waals surface area (Å²) in [5.41, 5.74) is 0.239. The molecule has 76 valence electrons. The van der Waals surface area contributed by atoms with Gasteiger partial charge in [0.1, 0.15) is 5.82 Å². The first-order chi connectivity index (χ1) is 6.61. The molecule has 0 unspecified atom stereocenters. The Morgan fingerprint density at radius 1 is 1.64 bits per heavy atom. The van der Waals surface area contributed by atoms with Crippen molar-refractivity contribution in [3.8, 4) is 0 Å². The minimum absolute atomic E-state index is 0.101. The lowest BCUT2D eigenvalue weighted by Gasteiger charge is -2.11. The van der Waals surface area contributed by atoms with Crippen LogP contribution in [0.25, 0.3) is 0 Å². The van der Waals surface area contributed by atoms with Crippen molar-refractivity contribution in [1.82, 2.24) is 15.2 Å². The van der Waals surface area contributed by atoms with Crippen molar-refractivity contribution in [3.63, 3.8) is 0 Å². The van der Waals surface area contributed by atoms with Crippen molar-refractivity contribution in [1.29, 1.82) is 0 Å². The highest BCUT2D eigenvalue weighted by Gasteiger charge is 2.05. The lowest BCUT2D eigenvalue weighted by Crippen LogP contribution is -2.34. The van der Waals surface area contributed by atoms with Gasteiger partial charge in [0.15, 0.2) is 0 Å². The summed E-state index contributed by atoms with van der Waals surface area (Å²) < 4.78 is 13.0. The number of aromatic nitrogens is 1. The summed E-state index contributed by atoms with van der Waals surface area (Å²) in [7, 11) is 3.23. The minimum atomic E-state index is -0.411. The van der Waals surface area contributed by atoms with Crippen LogP contribution in [0.4, 0.5) is 9.18 Å². The monoisotopic (exact) mass is 197 g/mol. The van der Waals surface area contributed by atoms with E-state index in [2.05, 4.69) is 10.3 Å². The average Bonchev–Trinajstić information content (AvgIpc) is 2.16. The second-order valence-corrected chi connectivity index (χ2v) is 2.99. The van der Waals surface area contributed by atoms with E-state index in [1.165, 1.54) is 23.2 Å². The first-order valence-corrected chi connectivity index (χ1v) is 4.16. The fraction of sp³-hybridized carbons (Fsp3) is 0.333. The summed E-state index contributed by atoms with van der Waals surface area (Å²) in [6.07, 6.45) is 1.49. The van der Waals surface area contributed by atoms with Gasteiger partial charge in [0.25, 0.3) is 0 Å². The second-order valence-electron chi connectivity index (χ2n) is 2.99. The van der Waals surface area contributed by atoms with E-state index in [1.807, 2.05) is 0 Å². The van der Waals surface area contributed by atoms with Crippen molar-refractivity contribution >= 4 is 6.03 Å². The van der Waals surface area contributed by atoms with E-state index in [0.717, 1.165) is 0 Å². The second kappa shape index (κ2) is 4.55. The number of hydrogen-bond donors (Lipinski definition) is 1. The van der Waals surface area contributed by atoms with Gasteiger partial charge >= 0.3 is 6.03 Å². The SMILES string of the molecule is CN(C)C(=O)NCc1ncccc1F. The van der Waals surface area contributed by atoms with Crippen LogP contribution in [0.1, 0.15) is 5.69 Å². The van der Waals surface area contributed by atoms with Gasteiger partial charge in [-0.05, 0) is 12.1 Å². The average molecular weight is 197 g/mol. The molecule has 0 aliphatic heterocycles. The largest absolute Gasteiger partial charge is 0.332 e. The quantitative estimate of drug-likeness (QED) is 0.768. The molecule has 0 bridgehead atoms. The predicted octanol–water partition coefficient (Wildman–Crippen LogP) is 0.992.